The van der Waals surface area contributed by atoms with Crippen molar-refractivity contribution in [3.05, 3.63) is 47.8 Å². The molecule has 1 amide bonds. The van der Waals surface area contributed by atoms with Gasteiger partial charge in [-0.05, 0) is 42.8 Å². The SMILES string of the molecule is O=C(Nc1cc(N2CCCS2(=O)=O)ccc1O)c1ccc2nc(C(F)F)[nH]c2c1. The monoisotopic (exact) mass is 422 g/mol. The number of H-pyrrole nitrogens is 1. The number of phenolic OH excluding ortho intramolecular Hbond substituents is 1. The van der Waals surface area contributed by atoms with Crippen LogP contribution in [0.15, 0.2) is 36.4 Å². The Morgan fingerprint density at radius 2 is 2.03 bits per heavy atom. The predicted octanol–water partition coefficient (Wildman–Crippen LogP) is 3.00. The van der Waals surface area contributed by atoms with Gasteiger partial charge in [0.2, 0.25) is 10.0 Å². The molecule has 29 heavy (non-hydrogen) atoms. The highest BCUT2D eigenvalue weighted by molar-refractivity contribution is 7.93. The van der Waals surface area contributed by atoms with Crippen LogP contribution in [0.4, 0.5) is 20.2 Å². The molecule has 0 aliphatic carbocycles. The van der Waals surface area contributed by atoms with E-state index in [1.807, 2.05) is 0 Å². The molecule has 8 nitrogen and oxygen atoms in total. The Balaban J connectivity index is 1.61. The molecule has 3 aromatic rings. The minimum Gasteiger partial charge on any atom is -0.506 e. The molecule has 0 radical (unpaired) electrons. The van der Waals surface area contributed by atoms with E-state index >= 15 is 0 Å². The molecule has 2 heterocycles. The Morgan fingerprint density at radius 1 is 1.24 bits per heavy atom. The summed E-state index contributed by atoms with van der Waals surface area (Å²) in [5, 5.41) is 12.6. The van der Waals surface area contributed by atoms with Crippen molar-refractivity contribution < 1.29 is 27.1 Å². The second kappa shape index (κ2) is 6.99. The Morgan fingerprint density at radius 3 is 2.72 bits per heavy atom. The molecule has 11 heteroatoms. The number of carbonyl (C=O) groups is 1. The molecular formula is C18H16F2N4O4S. The molecule has 0 spiro atoms. The van der Waals surface area contributed by atoms with Gasteiger partial charge in [-0.25, -0.2) is 22.2 Å². The number of nitrogens with one attached hydrogen (secondary N) is 2. The van der Waals surface area contributed by atoms with Gasteiger partial charge in [0.1, 0.15) is 5.75 Å². The molecule has 0 bridgehead atoms. The first-order valence-corrected chi connectivity index (χ1v) is 10.3. The van der Waals surface area contributed by atoms with Gasteiger partial charge in [0, 0.05) is 12.1 Å². The fraction of sp³-hybridized carbons (Fsp3) is 0.222. The van der Waals surface area contributed by atoms with E-state index in [4.69, 9.17) is 0 Å². The molecule has 0 atom stereocenters. The molecule has 2 aromatic carbocycles. The Hall–Kier alpha value is -3.21. The normalized spacial score (nSPS) is 15.9. The van der Waals surface area contributed by atoms with Gasteiger partial charge in [0.25, 0.3) is 12.3 Å². The summed E-state index contributed by atoms with van der Waals surface area (Å²) < 4.78 is 50.9. The van der Waals surface area contributed by atoms with E-state index in [0.29, 0.717) is 24.2 Å². The summed E-state index contributed by atoms with van der Waals surface area (Å²) >= 11 is 0. The zero-order chi connectivity index (χ0) is 20.8. The number of aromatic nitrogens is 2. The number of alkyl halides is 2. The Kier molecular flexibility index (Phi) is 4.61. The number of amides is 1. The second-order valence-electron chi connectivity index (χ2n) is 6.55. The van der Waals surface area contributed by atoms with Gasteiger partial charge in [0.05, 0.1) is 28.2 Å². The van der Waals surface area contributed by atoms with Gasteiger partial charge in [-0.1, -0.05) is 0 Å². The summed E-state index contributed by atoms with van der Waals surface area (Å²) in [5.74, 6) is -1.28. The highest BCUT2D eigenvalue weighted by Gasteiger charge is 2.29. The predicted molar refractivity (Wildman–Crippen MR) is 103 cm³/mol. The number of benzene rings is 2. The first kappa shape index (κ1) is 19.1. The number of sulfonamides is 1. The lowest BCUT2D eigenvalue weighted by Crippen LogP contribution is -2.25. The quantitative estimate of drug-likeness (QED) is 0.559. The van der Waals surface area contributed by atoms with Gasteiger partial charge in [-0.3, -0.25) is 9.10 Å². The maximum Gasteiger partial charge on any atom is 0.295 e. The van der Waals surface area contributed by atoms with Crippen molar-refractivity contribution in [2.45, 2.75) is 12.8 Å². The number of imidazole rings is 1. The maximum atomic E-state index is 12.8. The molecule has 1 fully saturated rings. The third-order valence-corrected chi connectivity index (χ3v) is 6.45. The number of hydrogen-bond donors (Lipinski definition) is 3. The molecule has 152 valence electrons. The molecule has 0 unspecified atom stereocenters. The lowest BCUT2D eigenvalue weighted by Gasteiger charge is -2.18. The van der Waals surface area contributed by atoms with Crippen molar-refractivity contribution in [3.8, 4) is 5.75 Å². The van der Waals surface area contributed by atoms with Crippen LogP contribution in [0.2, 0.25) is 0 Å². The summed E-state index contributed by atoms with van der Waals surface area (Å²) in [6.45, 7) is 0.323. The van der Waals surface area contributed by atoms with Crippen LogP contribution in [0.25, 0.3) is 11.0 Å². The van der Waals surface area contributed by atoms with Gasteiger partial charge in [-0.2, -0.15) is 0 Å². The van der Waals surface area contributed by atoms with Crippen molar-refractivity contribution in [2.24, 2.45) is 0 Å². The lowest BCUT2D eigenvalue weighted by molar-refractivity contribution is 0.102. The van der Waals surface area contributed by atoms with E-state index in [0.717, 1.165) is 0 Å². The van der Waals surface area contributed by atoms with Gasteiger partial charge >= 0.3 is 0 Å². The van der Waals surface area contributed by atoms with E-state index in [9.17, 15) is 27.1 Å². The zero-order valence-electron chi connectivity index (χ0n) is 14.9. The number of fused-ring (bicyclic) bond motifs is 1. The number of carbonyl (C=O) groups excluding carboxylic acids is 1. The number of anilines is 2. The van der Waals surface area contributed by atoms with Gasteiger partial charge in [-0.15, -0.1) is 0 Å². The van der Waals surface area contributed by atoms with E-state index in [-0.39, 0.29) is 28.3 Å². The smallest absolute Gasteiger partial charge is 0.295 e. The number of nitrogens with zero attached hydrogens (tertiary/aromatic N) is 2. The number of aromatic hydroxyl groups is 1. The summed E-state index contributed by atoms with van der Waals surface area (Å²) in [5.41, 5.74) is 1.09. The van der Waals surface area contributed by atoms with Crippen LogP contribution in [-0.2, 0) is 10.0 Å². The average Bonchev–Trinajstić information content (AvgIpc) is 3.25. The van der Waals surface area contributed by atoms with Gasteiger partial charge < -0.3 is 15.4 Å². The van der Waals surface area contributed by atoms with E-state index in [1.54, 1.807) is 0 Å². The van der Waals surface area contributed by atoms with Crippen molar-refractivity contribution >= 4 is 38.3 Å². The first-order chi connectivity index (χ1) is 13.7. The first-order valence-electron chi connectivity index (χ1n) is 8.67. The fourth-order valence-electron chi connectivity index (χ4n) is 3.18. The molecular weight excluding hydrogens is 406 g/mol. The van der Waals surface area contributed by atoms with Crippen molar-refractivity contribution in [1.29, 1.82) is 0 Å². The van der Waals surface area contributed by atoms with Crippen LogP contribution in [0.3, 0.4) is 0 Å². The number of aromatic amines is 1. The van der Waals surface area contributed by atoms with Crippen LogP contribution in [0, 0.1) is 0 Å². The number of phenols is 1. The molecule has 1 saturated heterocycles. The maximum absolute atomic E-state index is 12.8. The van der Waals surface area contributed by atoms with Crippen LogP contribution in [0.1, 0.15) is 29.0 Å². The van der Waals surface area contributed by atoms with Crippen molar-refractivity contribution in [2.75, 3.05) is 21.9 Å². The van der Waals surface area contributed by atoms with E-state index in [1.165, 1.54) is 40.7 Å². The summed E-state index contributed by atoms with van der Waals surface area (Å²) in [7, 11) is -3.41. The number of hydrogen-bond acceptors (Lipinski definition) is 5. The summed E-state index contributed by atoms with van der Waals surface area (Å²) in [4.78, 5) is 18.8. The highest BCUT2D eigenvalue weighted by atomic mass is 32.2. The standard InChI is InChI=1S/C18H16F2N4O4S/c19-16(20)17-21-12-4-2-10(8-13(12)22-17)18(26)23-14-9-11(3-5-15(14)25)24-6-1-7-29(24,27)28/h2-5,8-9,16,25H,1,6-7H2,(H,21,22)(H,23,26). The average molecular weight is 422 g/mol. The fourth-order valence-corrected chi connectivity index (χ4v) is 4.73. The van der Waals surface area contributed by atoms with Crippen molar-refractivity contribution in [3.63, 3.8) is 0 Å². The number of rotatable bonds is 4. The molecule has 1 aliphatic heterocycles. The third-order valence-electron chi connectivity index (χ3n) is 4.58. The Bertz CT molecular complexity index is 1210. The zero-order valence-corrected chi connectivity index (χ0v) is 15.7. The molecule has 0 saturated carbocycles. The highest BCUT2D eigenvalue weighted by Crippen LogP contribution is 2.32. The Labute approximate surface area is 164 Å². The summed E-state index contributed by atoms with van der Waals surface area (Å²) in [6.07, 6.45) is -2.27. The lowest BCUT2D eigenvalue weighted by atomic mass is 10.1. The molecule has 4 rings (SSSR count). The van der Waals surface area contributed by atoms with Crippen molar-refractivity contribution in [1.82, 2.24) is 9.97 Å². The molecule has 1 aliphatic rings. The van der Waals surface area contributed by atoms with E-state index in [2.05, 4.69) is 15.3 Å². The topological polar surface area (TPSA) is 115 Å². The van der Waals surface area contributed by atoms with Crippen LogP contribution in [0.5, 0.6) is 5.75 Å². The minimum atomic E-state index is -3.41. The largest absolute Gasteiger partial charge is 0.506 e. The molecule has 1 aromatic heterocycles. The van der Waals surface area contributed by atoms with Crippen LogP contribution in [-0.4, -0.2) is 41.7 Å². The minimum absolute atomic E-state index is 0.0348. The van der Waals surface area contributed by atoms with Gasteiger partial charge in [0.15, 0.2) is 5.82 Å². The molecule has 3 N–H and O–H groups in total. The van der Waals surface area contributed by atoms with Crippen LogP contribution < -0.4 is 9.62 Å². The van der Waals surface area contributed by atoms with Crippen LogP contribution >= 0.6 is 0 Å². The van der Waals surface area contributed by atoms with E-state index < -0.39 is 28.2 Å². The number of halogens is 2. The summed E-state index contributed by atoms with van der Waals surface area (Å²) in [6, 6.07) is 8.34. The third kappa shape index (κ3) is 3.60. The second-order valence-corrected chi connectivity index (χ2v) is 8.56.